The Balaban J connectivity index is 2.03. The van der Waals surface area contributed by atoms with Gasteiger partial charge in [0.15, 0.2) is 11.6 Å². The molecule has 2 rings (SSSR count). The summed E-state index contributed by atoms with van der Waals surface area (Å²) >= 11 is 0. The van der Waals surface area contributed by atoms with Crippen molar-refractivity contribution in [1.29, 1.82) is 0 Å². The molecule has 0 amide bonds. The van der Waals surface area contributed by atoms with Gasteiger partial charge in [-0.15, -0.1) is 0 Å². The van der Waals surface area contributed by atoms with Crippen molar-refractivity contribution >= 4 is 0 Å². The summed E-state index contributed by atoms with van der Waals surface area (Å²) in [6, 6.07) is 9.21. The van der Waals surface area contributed by atoms with Crippen LogP contribution in [0.3, 0.4) is 0 Å². The van der Waals surface area contributed by atoms with Gasteiger partial charge in [-0.25, -0.2) is 4.39 Å². The summed E-state index contributed by atoms with van der Waals surface area (Å²) in [5.74, 6) is 0.593. The molecule has 1 heterocycles. The third-order valence-electron chi connectivity index (χ3n) is 3.35. The minimum Gasteiger partial charge on any atom is -0.494 e. The maximum Gasteiger partial charge on any atom is 0.165 e. The van der Waals surface area contributed by atoms with Gasteiger partial charge in [-0.1, -0.05) is 19.9 Å². The number of methoxy groups -OCH3 is 1. The Kier molecular flexibility index (Phi) is 5.39. The SMILES string of the molecule is COc1ccc(Cn2cccc2CNCC(C)C)cc1F. The normalized spacial score (nSPS) is 11.1. The summed E-state index contributed by atoms with van der Waals surface area (Å²) in [5.41, 5.74) is 2.13. The lowest BCUT2D eigenvalue weighted by Gasteiger charge is -2.12. The molecule has 114 valence electrons. The Bertz CT molecular complexity index is 578. The molecule has 0 saturated carbocycles. The highest BCUT2D eigenvalue weighted by Gasteiger charge is 2.06. The molecule has 0 aliphatic heterocycles. The van der Waals surface area contributed by atoms with Crippen molar-refractivity contribution in [2.45, 2.75) is 26.9 Å². The van der Waals surface area contributed by atoms with E-state index in [0.29, 0.717) is 12.5 Å². The van der Waals surface area contributed by atoms with Crippen LogP contribution in [0.25, 0.3) is 0 Å². The highest BCUT2D eigenvalue weighted by Crippen LogP contribution is 2.18. The van der Waals surface area contributed by atoms with Crippen LogP contribution in [0, 0.1) is 11.7 Å². The summed E-state index contributed by atoms with van der Waals surface area (Å²) in [6.45, 7) is 6.84. The molecule has 0 bridgehead atoms. The fourth-order valence-corrected chi connectivity index (χ4v) is 2.26. The zero-order valence-corrected chi connectivity index (χ0v) is 12.9. The van der Waals surface area contributed by atoms with Crippen LogP contribution in [0.4, 0.5) is 4.39 Å². The van der Waals surface area contributed by atoms with Crippen molar-refractivity contribution in [3.05, 3.63) is 53.6 Å². The fraction of sp³-hybridized carbons (Fsp3) is 0.412. The lowest BCUT2D eigenvalue weighted by molar-refractivity contribution is 0.386. The van der Waals surface area contributed by atoms with Crippen LogP contribution in [-0.2, 0) is 13.1 Å². The second kappa shape index (κ2) is 7.27. The standard InChI is InChI=1S/C17H23FN2O/c1-13(2)10-19-11-15-5-4-8-20(15)12-14-6-7-17(21-3)16(18)9-14/h4-9,13,19H,10-12H2,1-3H3. The third-order valence-corrected chi connectivity index (χ3v) is 3.35. The fourth-order valence-electron chi connectivity index (χ4n) is 2.26. The van der Waals surface area contributed by atoms with Gasteiger partial charge in [-0.2, -0.15) is 0 Å². The molecule has 2 aromatic rings. The van der Waals surface area contributed by atoms with Gasteiger partial charge in [0.1, 0.15) is 0 Å². The molecule has 4 heteroatoms. The smallest absolute Gasteiger partial charge is 0.165 e. The molecule has 1 aromatic carbocycles. The Morgan fingerprint density at radius 2 is 2.10 bits per heavy atom. The van der Waals surface area contributed by atoms with Crippen molar-refractivity contribution in [1.82, 2.24) is 9.88 Å². The molecule has 1 aromatic heterocycles. The molecule has 0 radical (unpaired) electrons. The van der Waals surface area contributed by atoms with Crippen LogP contribution in [-0.4, -0.2) is 18.2 Å². The summed E-state index contributed by atoms with van der Waals surface area (Å²) < 4.78 is 20.8. The number of aromatic nitrogens is 1. The minimum atomic E-state index is -0.318. The molecular weight excluding hydrogens is 267 g/mol. The third kappa shape index (κ3) is 4.33. The lowest BCUT2D eigenvalue weighted by Crippen LogP contribution is -2.20. The number of hydrogen-bond donors (Lipinski definition) is 1. The Morgan fingerprint density at radius 3 is 2.76 bits per heavy atom. The number of hydrogen-bond acceptors (Lipinski definition) is 2. The first kappa shape index (κ1) is 15.6. The van der Waals surface area contributed by atoms with E-state index >= 15 is 0 Å². The van der Waals surface area contributed by atoms with Gasteiger partial charge in [-0.05, 0) is 42.3 Å². The van der Waals surface area contributed by atoms with Crippen LogP contribution in [0.2, 0.25) is 0 Å². The topological polar surface area (TPSA) is 26.2 Å². The Labute approximate surface area is 125 Å². The average molecular weight is 290 g/mol. The van der Waals surface area contributed by atoms with E-state index in [1.807, 2.05) is 18.3 Å². The molecule has 0 saturated heterocycles. The first-order valence-electron chi connectivity index (χ1n) is 7.27. The van der Waals surface area contributed by atoms with Gasteiger partial charge in [0.05, 0.1) is 7.11 Å². The summed E-state index contributed by atoms with van der Waals surface area (Å²) in [5, 5.41) is 3.43. The lowest BCUT2D eigenvalue weighted by atomic mass is 10.2. The van der Waals surface area contributed by atoms with Crippen LogP contribution >= 0.6 is 0 Å². The van der Waals surface area contributed by atoms with Crippen LogP contribution in [0.5, 0.6) is 5.75 Å². The summed E-state index contributed by atoms with van der Waals surface area (Å²) in [4.78, 5) is 0. The number of rotatable bonds is 7. The van der Waals surface area contributed by atoms with Gasteiger partial charge >= 0.3 is 0 Å². The molecule has 0 unspecified atom stereocenters. The van der Waals surface area contributed by atoms with Crippen LogP contribution in [0.15, 0.2) is 36.5 Å². The zero-order chi connectivity index (χ0) is 15.2. The largest absolute Gasteiger partial charge is 0.494 e. The van der Waals surface area contributed by atoms with Gasteiger partial charge in [0.2, 0.25) is 0 Å². The first-order valence-corrected chi connectivity index (χ1v) is 7.27. The van der Waals surface area contributed by atoms with Crippen molar-refractivity contribution in [2.75, 3.05) is 13.7 Å². The van der Waals surface area contributed by atoms with E-state index in [4.69, 9.17) is 4.74 Å². The summed E-state index contributed by atoms with van der Waals surface area (Å²) in [6.07, 6.45) is 2.02. The molecule has 0 aliphatic rings. The number of benzene rings is 1. The summed E-state index contributed by atoms with van der Waals surface area (Å²) in [7, 11) is 1.47. The van der Waals surface area contributed by atoms with Gasteiger partial charge < -0.3 is 14.6 Å². The highest BCUT2D eigenvalue weighted by atomic mass is 19.1. The second-order valence-electron chi connectivity index (χ2n) is 5.62. The van der Waals surface area contributed by atoms with Crippen molar-refractivity contribution in [3.8, 4) is 5.75 Å². The quantitative estimate of drug-likeness (QED) is 0.845. The highest BCUT2D eigenvalue weighted by molar-refractivity contribution is 5.29. The van der Waals surface area contributed by atoms with E-state index in [9.17, 15) is 4.39 Å². The molecule has 0 atom stereocenters. The molecule has 1 N–H and O–H groups in total. The Morgan fingerprint density at radius 1 is 1.29 bits per heavy atom. The predicted molar refractivity (Wildman–Crippen MR) is 83.0 cm³/mol. The van der Waals surface area contributed by atoms with E-state index in [1.54, 1.807) is 6.07 Å². The molecule has 0 aliphatic carbocycles. The maximum atomic E-state index is 13.7. The van der Waals surface area contributed by atoms with E-state index in [1.165, 1.54) is 18.9 Å². The van der Waals surface area contributed by atoms with Gasteiger partial charge in [0.25, 0.3) is 0 Å². The van der Waals surface area contributed by atoms with Gasteiger partial charge in [0, 0.05) is 25.0 Å². The van der Waals surface area contributed by atoms with Crippen molar-refractivity contribution in [3.63, 3.8) is 0 Å². The maximum absolute atomic E-state index is 13.7. The van der Waals surface area contributed by atoms with Crippen molar-refractivity contribution < 1.29 is 9.13 Å². The number of nitrogens with zero attached hydrogens (tertiary/aromatic N) is 1. The zero-order valence-electron chi connectivity index (χ0n) is 12.9. The van der Waals surface area contributed by atoms with Crippen LogP contribution < -0.4 is 10.1 Å². The first-order chi connectivity index (χ1) is 10.1. The van der Waals surface area contributed by atoms with Crippen molar-refractivity contribution in [2.24, 2.45) is 5.92 Å². The monoisotopic (exact) mass is 290 g/mol. The number of nitrogens with one attached hydrogen (secondary N) is 1. The van der Waals surface area contributed by atoms with E-state index in [0.717, 1.165) is 18.7 Å². The molecule has 21 heavy (non-hydrogen) atoms. The second-order valence-corrected chi connectivity index (χ2v) is 5.62. The number of halogens is 1. The predicted octanol–water partition coefficient (Wildman–Crippen LogP) is 3.43. The minimum absolute atomic E-state index is 0.282. The molecule has 0 fully saturated rings. The molecular formula is C17H23FN2O. The number of ether oxygens (including phenoxy) is 1. The van der Waals surface area contributed by atoms with E-state index in [-0.39, 0.29) is 11.6 Å². The van der Waals surface area contributed by atoms with E-state index < -0.39 is 0 Å². The molecule has 0 spiro atoms. The molecule has 3 nitrogen and oxygen atoms in total. The average Bonchev–Trinajstić information content (AvgIpc) is 2.86. The van der Waals surface area contributed by atoms with Gasteiger partial charge in [-0.3, -0.25) is 0 Å². The van der Waals surface area contributed by atoms with E-state index in [2.05, 4.69) is 29.8 Å². The Hall–Kier alpha value is -1.81. The van der Waals surface area contributed by atoms with Crippen LogP contribution in [0.1, 0.15) is 25.1 Å².